The molecule has 1 saturated heterocycles. The second-order valence-corrected chi connectivity index (χ2v) is 16.0. The van der Waals surface area contributed by atoms with Crippen molar-refractivity contribution in [1.82, 2.24) is 4.57 Å². The number of hydrogen-bond donors (Lipinski definition) is 1. The second kappa shape index (κ2) is 11.0. The van der Waals surface area contributed by atoms with E-state index in [0.717, 1.165) is 17.0 Å². The molecule has 0 bridgehead atoms. The van der Waals surface area contributed by atoms with E-state index < -0.39 is 13.7 Å². The third kappa shape index (κ3) is 4.43. The number of pyridine rings is 1. The van der Waals surface area contributed by atoms with Crippen LogP contribution in [0.2, 0.25) is 18.6 Å². The molecule has 0 unspecified atom stereocenters. The summed E-state index contributed by atoms with van der Waals surface area (Å²) >= 11 is 0. The van der Waals surface area contributed by atoms with Crippen LogP contribution in [0.5, 0.6) is 11.5 Å². The summed E-state index contributed by atoms with van der Waals surface area (Å²) in [4.78, 5) is 29.3. The predicted octanol–water partition coefficient (Wildman–Crippen LogP) is 3.99. The lowest BCUT2D eigenvalue weighted by molar-refractivity contribution is -0.146. The third-order valence-electron chi connectivity index (χ3n) is 8.95. The summed E-state index contributed by atoms with van der Waals surface area (Å²) in [6.45, 7) is 10.9. The Morgan fingerprint density at radius 2 is 1.83 bits per heavy atom. The lowest BCUT2D eigenvalue weighted by Crippen LogP contribution is -2.51. The maximum absolute atomic E-state index is 14.4. The average molecular weight is 575 g/mol. The summed E-state index contributed by atoms with van der Waals surface area (Å²) in [5, 5.41) is 11.3. The number of aliphatic hydroxyl groups excluding tert-OH is 1. The van der Waals surface area contributed by atoms with Gasteiger partial charge in [-0.1, -0.05) is 43.4 Å². The van der Waals surface area contributed by atoms with E-state index >= 15 is 0 Å². The summed E-state index contributed by atoms with van der Waals surface area (Å²) in [7, 11) is 0.834. The molecule has 1 spiro atoms. The van der Waals surface area contributed by atoms with Gasteiger partial charge in [0.15, 0.2) is 11.4 Å². The van der Waals surface area contributed by atoms with E-state index in [2.05, 4.69) is 38.7 Å². The van der Waals surface area contributed by atoms with Crippen LogP contribution < -0.4 is 25.1 Å². The fourth-order valence-electron chi connectivity index (χ4n) is 6.99. The third-order valence-corrected chi connectivity index (χ3v) is 13.3. The molecule has 41 heavy (non-hydrogen) atoms. The number of aromatic nitrogens is 1. The van der Waals surface area contributed by atoms with Crippen molar-refractivity contribution < 1.29 is 24.1 Å². The smallest absolute Gasteiger partial charge is 0.297 e. The molecule has 5 rings (SSSR count). The predicted molar refractivity (Wildman–Crippen MR) is 162 cm³/mol. The highest BCUT2D eigenvalue weighted by atomic mass is 28.3. The van der Waals surface area contributed by atoms with Crippen LogP contribution in [-0.2, 0) is 15.1 Å². The van der Waals surface area contributed by atoms with E-state index in [1.165, 1.54) is 16.9 Å². The largest absolute Gasteiger partial charge is 0.497 e. The van der Waals surface area contributed by atoms with E-state index in [4.69, 9.17) is 14.2 Å². The highest BCUT2D eigenvalue weighted by Gasteiger charge is 2.66. The number of anilines is 1. The standard InChI is InChI=1S/C32H38N2O6Si/c1-7-17-34-26-15-10-22(33-18-8-9-28(39-4)30(33)36)20-25(26)32(31(34)37)21(2)29(27(40-32)16-19-35)41(5,6)24-13-11-23(38-3)12-14-24/h7-15,18,20-21,27,29,35H,1,16-17,19H2,2-6H3/t21-,27+,29-,32+/m1/s1. The van der Waals surface area contributed by atoms with Crippen LogP contribution in [0, 0.1) is 5.92 Å². The minimum absolute atomic E-state index is 0.0201. The number of aliphatic hydroxyl groups is 1. The number of carbonyl (C=O) groups excluding carboxylic acids is 1. The number of methoxy groups -OCH3 is 2. The van der Waals surface area contributed by atoms with Crippen molar-refractivity contribution in [1.29, 1.82) is 0 Å². The molecule has 2 aliphatic rings. The number of hydrogen-bond acceptors (Lipinski definition) is 6. The Morgan fingerprint density at radius 1 is 1.10 bits per heavy atom. The first-order valence-electron chi connectivity index (χ1n) is 13.9. The lowest BCUT2D eigenvalue weighted by Gasteiger charge is -2.37. The molecule has 2 aliphatic heterocycles. The minimum Gasteiger partial charge on any atom is -0.497 e. The first-order valence-corrected chi connectivity index (χ1v) is 17.0. The summed E-state index contributed by atoms with van der Waals surface area (Å²) in [5.74, 6) is 0.673. The molecule has 0 aliphatic carbocycles. The van der Waals surface area contributed by atoms with Crippen LogP contribution in [0.25, 0.3) is 5.69 Å². The summed E-state index contributed by atoms with van der Waals surface area (Å²) in [6, 6.07) is 17.2. The molecule has 3 heterocycles. The zero-order valence-electron chi connectivity index (χ0n) is 24.3. The summed E-state index contributed by atoms with van der Waals surface area (Å²) in [5.41, 5.74) is 0.554. The van der Waals surface area contributed by atoms with Gasteiger partial charge in [0.1, 0.15) is 5.75 Å². The fraction of sp³-hybridized carbons (Fsp3) is 0.375. The van der Waals surface area contributed by atoms with E-state index in [1.807, 2.05) is 30.3 Å². The monoisotopic (exact) mass is 574 g/mol. The number of rotatable bonds is 9. The Morgan fingerprint density at radius 3 is 2.46 bits per heavy atom. The maximum atomic E-state index is 14.4. The van der Waals surface area contributed by atoms with E-state index in [9.17, 15) is 14.7 Å². The van der Waals surface area contributed by atoms with Gasteiger partial charge in [0.05, 0.1) is 34.1 Å². The van der Waals surface area contributed by atoms with Gasteiger partial charge in [-0.2, -0.15) is 0 Å². The Kier molecular flexibility index (Phi) is 7.71. The number of benzene rings is 2. The van der Waals surface area contributed by atoms with E-state index in [0.29, 0.717) is 18.7 Å². The van der Waals surface area contributed by atoms with Crippen LogP contribution >= 0.6 is 0 Å². The van der Waals surface area contributed by atoms with Crippen LogP contribution in [-0.4, -0.2) is 57.1 Å². The highest BCUT2D eigenvalue weighted by Crippen LogP contribution is 2.60. The molecule has 1 fully saturated rings. The van der Waals surface area contributed by atoms with Crippen molar-refractivity contribution in [3.05, 3.63) is 89.4 Å². The zero-order valence-corrected chi connectivity index (χ0v) is 25.3. The van der Waals surface area contributed by atoms with Crippen LogP contribution in [0.4, 0.5) is 5.69 Å². The Balaban J connectivity index is 1.68. The van der Waals surface area contributed by atoms with Gasteiger partial charge in [-0.05, 0) is 54.4 Å². The first-order chi connectivity index (χ1) is 19.6. The van der Waals surface area contributed by atoms with Gasteiger partial charge in [0.25, 0.3) is 11.5 Å². The van der Waals surface area contributed by atoms with Crippen LogP contribution in [0.3, 0.4) is 0 Å². The SMILES string of the molecule is C=CCN1C(=O)[C@@]2(O[C@@H](CCO)[C@H]([Si](C)(C)c3ccc(OC)cc3)[C@H]2C)c2cc(-n3cccc(OC)c3=O)ccc21. The van der Waals surface area contributed by atoms with E-state index in [-0.39, 0.29) is 41.4 Å². The molecule has 8 nitrogen and oxygen atoms in total. The van der Waals surface area contributed by atoms with Gasteiger partial charge in [-0.25, -0.2) is 0 Å². The fourth-order valence-corrected chi connectivity index (χ4v) is 11.1. The average Bonchev–Trinajstić information content (AvgIpc) is 3.40. The van der Waals surface area contributed by atoms with Gasteiger partial charge >= 0.3 is 0 Å². The van der Waals surface area contributed by atoms with Gasteiger partial charge < -0.3 is 24.2 Å². The van der Waals surface area contributed by atoms with Crippen molar-refractivity contribution in [3.8, 4) is 17.2 Å². The molecule has 216 valence electrons. The second-order valence-electron chi connectivity index (χ2n) is 11.3. The quantitative estimate of drug-likeness (QED) is 0.307. The molecule has 0 radical (unpaired) electrons. The molecular weight excluding hydrogens is 536 g/mol. The number of nitrogens with zero attached hydrogens (tertiary/aromatic N) is 2. The van der Waals surface area contributed by atoms with E-state index in [1.54, 1.807) is 36.4 Å². The number of carbonyl (C=O) groups is 1. The molecule has 4 atom stereocenters. The van der Waals surface area contributed by atoms with Gasteiger partial charge in [0.2, 0.25) is 0 Å². The van der Waals surface area contributed by atoms with Crippen molar-refractivity contribution in [3.63, 3.8) is 0 Å². The number of ether oxygens (including phenoxy) is 3. The van der Waals surface area contributed by atoms with Crippen LogP contribution in [0.1, 0.15) is 18.9 Å². The molecular formula is C32H38N2O6Si. The summed E-state index contributed by atoms with van der Waals surface area (Å²) in [6.07, 6.45) is 3.48. The minimum atomic E-state index is -2.28. The molecule has 0 saturated carbocycles. The number of amides is 1. The van der Waals surface area contributed by atoms with Gasteiger partial charge in [0, 0.05) is 36.5 Å². The highest BCUT2D eigenvalue weighted by molar-refractivity contribution is 6.91. The molecule has 1 N–H and O–H groups in total. The molecule has 2 aromatic carbocycles. The lowest BCUT2D eigenvalue weighted by atomic mass is 9.82. The summed E-state index contributed by atoms with van der Waals surface area (Å²) < 4.78 is 19.1. The van der Waals surface area contributed by atoms with Crippen molar-refractivity contribution in [2.45, 2.75) is 43.7 Å². The van der Waals surface area contributed by atoms with Crippen LogP contribution in [0.15, 0.2) is 78.2 Å². The Bertz CT molecular complexity index is 1520. The Labute approximate surface area is 241 Å². The molecule has 3 aromatic rings. The normalized spacial score (nSPS) is 23.6. The number of fused-ring (bicyclic) bond motifs is 2. The van der Waals surface area contributed by atoms with Gasteiger partial charge in [-0.15, -0.1) is 6.58 Å². The first kappa shape index (κ1) is 28.9. The van der Waals surface area contributed by atoms with Crippen molar-refractivity contribution in [2.24, 2.45) is 5.92 Å². The maximum Gasteiger partial charge on any atom is 0.297 e. The molecule has 1 amide bonds. The Hall–Kier alpha value is -3.66. The van der Waals surface area contributed by atoms with Gasteiger partial charge in [-0.3, -0.25) is 14.2 Å². The molecule has 9 heteroatoms. The van der Waals surface area contributed by atoms with Crippen molar-refractivity contribution >= 4 is 24.9 Å². The zero-order chi connectivity index (χ0) is 29.5. The van der Waals surface area contributed by atoms with Crippen molar-refractivity contribution in [2.75, 3.05) is 32.3 Å². The topological polar surface area (TPSA) is 90.2 Å². The molecule has 1 aromatic heterocycles.